The van der Waals surface area contributed by atoms with Gasteiger partial charge in [0.2, 0.25) is 0 Å². The number of hydrogen-bond acceptors (Lipinski definition) is 2. The Hall–Kier alpha value is -1.35. The van der Waals surface area contributed by atoms with Crippen LogP contribution in [0.5, 0.6) is 0 Å². The number of carboxylic acids is 1. The zero-order chi connectivity index (χ0) is 14.9. The molecule has 1 aliphatic heterocycles. The number of aryl methyl sites for hydroxylation is 2. The Balaban J connectivity index is 2.11. The molecule has 0 saturated carbocycles. The van der Waals surface area contributed by atoms with Gasteiger partial charge in [-0.3, -0.25) is 9.69 Å². The summed E-state index contributed by atoms with van der Waals surface area (Å²) in [6, 6.07) is 6.56. The fourth-order valence-corrected chi connectivity index (χ4v) is 3.36. The van der Waals surface area contributed by atoms with E-state index in [0.29, 0.717) is 6.54 Å². The van der Waals surface area contributed by atoms with Crippen molar-refractivity contribution in [3.63, 3.8) is 0 Å². The molecule has 1 unspecified atom stereocenters. The number of benzene rings is 1. The minimum Gasteiger partial charge on any atom is -0.481 e. The molecule has 3 heteroatoms. The van der Waals surface area contributed by atoms with Crippen LogP contribution < -0.4 is 0 Å². The van der Waals surface area contributed by atoms with Crippen LogP contribution in [-0.4, -0.2) is 29.1 Å². The average molecular weight is 275 g/mol. The Bertz CT molecular complexity index is 489. The van der Waals surface area contributed by atoms with Crippen molar-refractivity contribution in [1.29, 1.82) is 0 Å². The summed E-state index contributed by atoms with van der Waals surface area (Å²) in [5.74, 6) is -0.473. The van der Waals surface area contributed by atoms with E-state index in [2.05, 4.69) is 36.9 Å². The van der Waals surface area contributed by atoms with Crippen molar-refractivity contribution in [2.24, 2.45) is 11.3 Å². The van der Waals surface area contributed by atoms with Crippen molar-refractivity contribution in [3.8, 4) is 0 Å². The Kier molecular flexibility index (Phi) is 4.19. The number of carbonyl (C=O) groups is 1. The van der Waals surface area contributed by atoms with Crippen molar-refractivity contribution >= 4 is 5.97 Å². The van der Waals surface area contributed by atoms with Gasteiger partial charge in [-0.05, 0) is 38.3 Å². The van der Waals surface area contributed by atoms with Gasteiger partial charge in [-0.1, -0.05) is 43.2 Å². The zero-order valence-corrected chi connectivity index (χ0v) is 12.9. The fourth-order valence-electron chi connectivity index (χ4n) is 3.36. The van der Waals surface area contributed by atoms with Crippen LogP contribution >= 0.6 is 0 Å². The first-order chi connectivity index (χ1) is 9.33. The highest BCUT2D eigenvalue weighted by atomic mass is 16.4. The highest BCUT2D eigenvalue weighted by molar-refractivity contribution is 5.75. The van der Waals surface area contributed by atoms with Crippen molar-refractivity contribution in [1.82, 2.24) is 4.90 Å². The quantitative estimate of drug-likeness (QED) is 0.917. The first-order valence-corrected chi connectivity index (χ1v) is 7.36. The molecule has 1 atom stereocenters. The topological polar surface area (TPSA) is 40.5 Å². The summed E-state index contributed by atoms with van der Waals surface area (Å²) in [5.41, 5.74) is 3.26. The normalized spacial score (nSPS) is 23.4. The van der Waals surface area contributed by atoms with Crippen LogP contribution in [0, 0.1) is 25.2 Å². The molecular weight excluding hydrogens is 250 g/mol. The van der Waals surface area contributed by atoms with Crippen molar-refractivity contribution in [2.45, 2.75) is 40.7 Å². The molecule has 110 valence electrons. The van der Waals surface area contributed by atoms with Gasteiger partial charge in [-0.15, -0.1) is 0 Å². The number of rotatable bonds is 4. The van der Waals surface area contributed by atoms with Crippen LogP contribution in [0.25, 0.3) is 0 Å². The molecule has 1 saturated heterocycles. The van der Waals surface area contributed by atoms with Gasteiger partial charge < -0.3 is 5.11 Å². The molecule has 1 aromatic rings. The van der Waals surface area contributed by atoms with E-state index in [1.165, 1.54) is 16.7 Å². The highest BCUT2D eigenvalue weighted by Gasteiger charge is 2.46. The van der Waals surface area contributed by atoms with Crippen LogP contribution in [0.1, 0.15) is 37.0 Å². The first kappa shape index (κ1) is 15.0. The van der Waals surface area contributed by atoms with E-state index in [9.17, 15) is 9.90 Å². The maximum absolute atomic E-state index is 11.6. The molecule has 1 N–H and O–H groups in total. The summed E-state index contributed by atoms with van der Waals surface area (Å²) in [4.78, 5) is 13.9. The van der Waals surface area contributed by atoms with E-state index >= 15 is 0 Å². The molecule has 3 nitrogen and oxygen atoms in total. The number of hydrogen-bond donors (Lipinski definition) is 1. The molecule has 1 fully saturated rings. The molecule has 0 aromatic heterocycles. The standard InChI is InChI=1S/C17H25NO2/c1-12(2)17(16(19)20)5-6-18(11-17)10-15-8-13(3)7-14(4)9-15/h7-9,12H,5-6,10-11H2,1-4H3,(H,19,20). The first-order valence-electron chi connectivity index (χ1n) is 7.36. The molecule has 0 amide bonds. The number of nitrogens with zero attached hydrogens (tertiary/aromatic N) is 1. The van der Waals surface area contributed by atoms with Crippen LogP contribution in [0.15, 0.2) is 18.2 Å². The second kappa shape index (κ2) is 5.57. The van der Waals surface area contributed by atoms with E-state index in [-0.39, 0.29) is 5.92 Å². The summed E-state index contributed by atoms with van der Waals surface area (Å²) in [6.45, 7) is 10.6. The number of carboxylic acid groups (broad SMARTS) is 1. The SMILES string of the molecule is Cc1cc(C)cc(CN2CCC(C(=O)O)(C(C)C)C2)c1. The van der Waals surface area contributed by atoms with Crippen LogP contribution in [0.4, 0.5) is 0 Å². The van der Waals surface area contributed by atoms with Crippen LogP contribution in [0.2, 0.25) is 0 Å². The molecule has 0 bridgehead atoms. The predicted octanol–water partition coefficient (Wildman–Crippen LogP) is 3.24. The lowest BCUT2D eigenvalue weighted by Gasteiger charge is -2.29. The van der Waals surface area contributed by atoms with Crippen molar-refractivity contribution < 1.29 is 9.90 Å². The van der Waals surface area contributed by atoms with Gasteiger partial charge >= 0.3 is 5.97 Å². The molecular formula is C17H25NO2. The van der Waals surface area contributed by atoms with Gasteiger partial charge in [0, 0.05) is 13.1 Å². The highest BCUT2D eigenvalue weighted by Crippen LogP contribution is 2.38. The molecule has 1 aliphatic rings. The predicted molar refractivity (Wildman–Crippen MR) is 80.7 cm³/mol. The third-order valence-corrected chi connectivity index (χ3v) is 4.60. The van der Waals surface area contributed by atoms with Gasteiger partial charge in [0.1, 0.15) is 0 Å². The molecule has 0 spiro atoms. The second-order valence-electron chi connectivity index (χ2n) is 6.57. The Labute approximate surface area is 121 Å². The average Bonchev–Trinajstić information content (AvgIpc) is 2.72. The molecule has 0 radical (unpaired) electrons. The summed E-state index contributed by atoms with van der Waals surface area (Å²) < 4.78 is 0. The van der Waals surface area contributed by atoms with E-state index in [4.69, 9.17) is 0 Å². The lowest BCUT2D eigenvalue weighted by molar-refractivity contribution is -0.151. The smallest absolute Gasteiger partial charge is 0.311 e. The van der Waals surface area contributed by atoms with Crippen LogP contribution in [-0.2, 0) is 11.3 Å². The summed E-state index contributed by atoms with van der Waals surface area (Å²) >= 11 is 0. The largest absolute Gasteiger partial charge is 0.481 e. The molecule has 2 rings (SSSR count). The maximum Gasteiger partial charge on any atom is 0.311 e. The number of likely N-dealkylation sites (tertiary alicyclic amines) is 1. The van der Waals surface area contributed by atoms with Gasteiger partial charge in [0.25, 0.3) is 0 Å². The molecule has 1 aromatic carbocycles. The zero-order valence-electron chi connectivity index (χ0n) is 12.9. The van der Waals surface area contributed by atoms with E-state index in [1.54, 1.807) is 0 Å². The molecule has 20 heavy (non-hydrogen) atoms. The second-order valence-corrected chi connectivity index (χ2v) is 6.57. The lowest BCUT2D eigenvalue weighted by Crippen LogP contribution is -2.39. The van der Waals surface area contributed by atoms with Crippen LogP contribution in [0.3, 0.4) is 0 Å². The van der Waals surface area contributed by atoms with Gasteiger partial charge in [-0.2, -0.15) is 0 Å². The minimum atomic E-state index is -0.643. The van der Waals surface area contributed by atoms with E-state index in [0.717, 1.165) is 19.5 Å². The molecule has 0 aliphatic carbocycles. The van der Waals surface area contributed by atoms with Crippen molar-refractivity contribution in [3.05, 3.63) is 34.9 Å². The van der Waals surface area contributed by atoms with E-state index < -0.39 is 11.4 Å². The van der Waals surface area contributed by atoms with Gasteiger partial charge in [0.05, 0.1) is 5.41 Å². The van der Waals surface area contributed by atoms with Crippen molar-refractivity contribution in [2.75, 3.05) is 13.1 Å². The third-order valence-electron chi connectivity index (χ3n) is 4.60. The lowest BCUT2D eigenvalue weighted by atomic mass is 9.76. The fraction of sp³-hybridized carbons (Fsp3) is 0.588. The summed E-state index contributed by atoms with van der Waals surface area (Å²) in [5, 5.41) is 9.58. The Morgan fingerprint density at radius 2 is 1.90 bits per heavy atom. The maximum atomic E-state index is 11.6. The Morgan fingerprint density at radius 3 is 2.35 bits per heavy atom. The summed E-state index contributed by atoms with van der Waals surface area (Å²) in [6.07, 6.45) is 0.755. The monoisotopic (exact) mass is 275 g/mol. The van der Waals surface area contributed by atoms with Gasteiger partial charge in [0.15, 0.2) is 0 Å². The number of aliphatic carboxylic acids is 1. The molecule has 1 heterocycles. The van der Waals surface area contributed by atoms with Gasteiger partial charge in [-0.25, -0.2) is 0 Å². The Morgan fingerprint density at radius 1 is 1.30 bits per heavy atom. The third kappa shape index (κ3) is 2.88. The van der Waals surface area contributed by atoms with E-state index in [1.807, 2.05) is 13.8 Å². The summed E-state index contributed by atoms with van der Waals surface area (Å²) in [7, 11) is 0. The minimum absolute atomic E-state index is 0.171.